The Morgan fingerprint density at radius 3 is 2.69 bits per heavy atom. The second-order valence-corrected chi connectivity index (χ2v) is 7.01. The summed E-state index contributed by atoms with van der Waals surface area (Å²) in [7, 11) is 0. The monoisotopic (exact) mass is 363 g/mol. The van der Waals surface area contributed by atoms with E-state index in [2.05, 4.69) is 49.6 Å². The molecule has 0 bridgehead atoms. The average molecular weight is 364 g/mol. The highest BCUT2D eigenvalue weighted by molar-refractivity contribution is 5.79. The molecule has 0 saturated carbocycles. The molecule has 2 N–H and O–H groups in total. The minimum atomic E-state index is 0.202. The first-order valence-electron chi connectivity index (χ1n) is 9.46. The lowest BCUT2D eigenvalue weighted by Gasteiger charge is -2.38. The van der Waals surface area contributed by atoms with Crippen LogP contribution in [-0.4, -0.2) is 52.1 Å². The van der Waals surface area contributed by atoms with Crippen LogP contribution in [0, 0.1) is 12.3 Å². The summed E-state index contributed by atoms with van der Waals surface area (Å²) >= 11 is 0. The largest absolute Gasteiger partial charge is 0.491 e. The Hall–Kier alpha value is -1.79. The number of aliphatic imine (C=N–C) groups is 1. The molecule has 146 valence electrons. The molecule has 0 spiro atoms. The van der Waals surface area contributed by atoms with Crippen molar-refractivity contribution < 1.29 is 14.2 Å². The molecule has 0 atom stereocenters. The maximum absolute atomic E-state index is 5.90. The smallest absolute Gasteiger partial charge is 0.191 e. The van der Waals surface area contributed by atoms with Gasteiger partial charge in [0.1, 0.15) is 12.4 Å². The minimum Gasteiger partial charge on any atom is -0.491 e. The van der Waals surface area contributed by atoms with Gasteiger partial charge in [0.05, 0.1) is 26.4 Å². The van der Waals surface area contributed by atoms with Crippen molar-refractivity contribution in [1.82, 2.24) is 10.6 Å². The molecular weight excluding hydrogens is 330 g/mol. The molecule has 0 aliphatic carbocycles. The number of aryl methyl sites for hydroxylation is 1. The van der Waals surface area contributed by atoms with Gasteiger partial charge in [-0.3, -0.25) is 0 Å². The summed E-state index contributed by atoms with van der Waals surface area (Å²) in [4.78, 5) is 4.72. The van der Waals surface area contributed by atoms with Crippen molar-refractivity contribution in [2.45, 2.75) is 34.2 Å². The van der Waals surface area contributed by atoms with Crippen LogP contribution in [0.25, 0.3) is 0 Å². The Bertz CT molecular complexity index is 586. The summed E-state index contributed by atoms with van der Waals surface area (Å²) in [5, 5.41) is 6.72. The molecule has 0 amide bonds. The van der Waals surface area contributed by atoms with Crippen molar-refractivity contribution in [1.29, 1.82) is 0 Å². The normalized spacial score (nSPS) is 16.1. The second kappa shape index (κ2) is 10.4. The van der Waals surface area contributed by atoms with Gasteiger partial charge in [-0.25, -0.2) is 4.99 Å². The summed E-state index contributed by atoms with van der Waals surface area (Å²) in [5.41, 5.74) is 2.45. The third-order valence-corrected chi connectivity index (χ3v) is 4.25. The molecule has 1 aliphatic rings. The molecule has 1 fully saturated rings. The standard InChI is InChI=1S/C20H33N3O3/c1-5-21-19(23-13-20(4)14-25-15-20)22-12-17-8-7-16(3)11-18(17)26-10-9-24-6-2/h7-8,11H,5-6,9-10,12-15H2,1-4H3,(H2,21,22,23). The molecule has 6 nitrogen and oxygen atoms in total. The molecule has 0 unspecified atom stereocenters. The fourth-order valence-corrected chi connectivity index (χ4v) is 2.64. The van der Waals surface area contributed by atoms with E-state index in [4.69, 9.17) is 19.2 Å². The molecule has 1 aromatic rings. The van der Waals surface area contributed by atoms with Crippen LogP contribution < -0.4 is 15.4 Å². The molecule has 1 saturated heterocycles. The number of hydrogen-bond acceptors (Lipinski definition) is 4. The van der Waals surface area contributed by atoms with E-state index in [9.17, 15) is 0 Å². The lowest BCUT2D eigenvalue weighted by atomic mass is 9.89. The maximum atomic E-state index is 5.90. The molecule has 1 aromatic carbocycles. The van der Waals surface area contributed by atoms with E-state index in [-0.39, 0.29) is 5.41 Å². The van der Waals surface area contributed by atoms with Gasteiger partial charge in [-0.05, 0) is 32.4 Å². The zero-order valence-corrected chi connectivity index (χ0v) is 16.6. The van der Waals surface area contributed by atoms with E-state index >= 15 is 0 Å². The van der Waals surface area contributed by atoms with E-state index in [1.54, 1.807) is 0 Å². The van der Waals surface area contributed by atoms with Gasteiger partial charge in [0.15, 0.2) is 5.96 Å². The molecule has 0 aromatic heterocycles. The van der Waals surface area contributed by atoms with Gasteiger partial charge in [0.2, 0.25) is 0 Å². The topological polar surface area (TPSA) is 64.1 Å². The van der Waals surface area contributed by atoms with Gasteiger partial charge in [0.25, 0.3) is 0 Å². The zero-order chi connectivity index (χ0) is 18.8. The van der Waals surface area contributed by atoms with E-state index in [0.29, 0.717) is 26.4 Å². The van der Waals surface area contributed by atoms with E-state index in [1.165, 1.54) is 5.56 Å². The lowest BCUT2D eigenvalue weighted by Crippen LogP contribution is -2.51. The SMILES string of the molecule is CCNC(=NCc1ccc(C)cc1OCCOCC)NCC1(C)COC1. The maximum Gasteiger partial charge on any atom is 0.191 e. The Kier molecular flexibility index (Phi) is 8.19. The molecule has 6 heteroatoms. The molecule has 1 heterocycles. The highest BCUT2D eigenvalue weighted by Crippen LogP contribution is 2.25. The van der Waals surface area contributed by atoms with E-state index < -0.39 is 0 Å². The van der Waals surface area contributed by atoms with Crippen molar-refractivity contribution in [3.05, 3.63) is 29.3 Å². The first-order chi connectivity index (χ1) is 12.6. The van der Waals surface area contributed by atoms with Gasteiger partial charge in [0, 0.05) is 30.7 Å². The van der Waals surface area contributed by atoms with Crippen LogP contribution in [0.15, 0.2) is 23.2 Å². The van der Waals surface area contributed by atoms with Crippen molar-refractivity contribution >= 4 is 5.96 Å². The predicted octanol–water partition coefficient (Wildman–Crippen LogP) is 2.50. The highest BCUT2D eigenvalue weighted by Gasteiger charge is 2.33. The Morgan fingerprint density at radius 1 is 1.23 bits per heavy atom. The minimum absolute atomic E-state index is 0.202. The van der Waals surface area contributed by atoms with Gasteiger partial charge < -0.3 is 24.8 Å². The van der Waals surface area contributed by atoms with Crippen LogP contribution in [0.2, 0.25) is 0 Å². The number of benzene rings is 1. The van der Waals surface area contributed by atoms with Gasteiger partial charge >= 0.3 is 0 Å². The third-order valence-electron chi connectivity index (χ3n) is 4.25. The summed E-state index contributed by atoms with van der Waals surface area (Å²) in [5.74, 6) is 1.70. The Morgan fingerprint density at radius 2 is 2.04 bits per heavy atom. The zero-order valence-electron chi connectivity index (χ0n) is 16.6. The first-order valence-corrected chi connectivity index (χ1v) is 9.46. The first kappa shape index (κ1) is 20.5. The predicted molar refractivity (Wildman–Crippen MR) is 105 cm³/mol. The number of hydrogen-bond donors (Lipinski definition) is 2. The van der Waals surface area contributed by atoms with Crippen molar-refractivity contribution in [3.63, 3.8) is 0 Å². The second-order valence-electron chi connectivity index (χ2n) is 7.01. The van der Waals surface area contributed by atoms with Crippen LogP contribution in [-0.2, 0) is 16.0 Å². The van der Waals surface area contributed by atoms with Crippen molar-refractivity contribution in [2.75, 3.05) is 46.1 Å². The van der Waals surface area contributed by atoms with E-state index in [1.807, 2.05) is 6.92 Å². The Balaban J connectivity index is 1.97. The molecule has 1 aliphatic heterocycles. The van der Waals surface area contributed by atoms with Crippen LogP contribution in [0.5, 0.6) is 5.75 Å². The van der Waals surface area contributed by atoms with Crippen molar-refractivity contribution in [2.24, 2.45) is 10.4 Å². The lowest BCUT2D eigenvalue weighted by molar-refractivity contribution is -0.0971. The fourth-order valence-electron chi connectivity index (χ4n) is 2.64. The summed E-state index contributed by atoms with van der Waals surface area (Å²) in [6.07, 6.45) is 0. The number of ether oxygens (including phenoxy) is 3. The van der Waals surface area contributed by atoms with E-state index in [0.717, 1.165) is 43.6 Å². The number of guanidine groups is 1. The molecule has 0 radical (unpaired) electrons. The molecule has 26 heavy (non-hydrogen) atoms. The van der Waals surface area contributed by atoms with Crippen LogP contribution >= 0.6 is 0 Å². The summed E-state index contributed by atoms with van der Waals surface area (Å²) in [6, 6.07) is 6.23. The third kappa shape index (κ3) is 6.50. The number of nitrogens with zero attached hydrogens (tertiary/aromatic N) is 1. The molecule has 2 rings (SSSR count). The summed E-state index contributed by atoms with van der Waals surface area (Å²) in [6.45, 7) is 14.0. The Labute approximate surface area is 157 Å². The van der Waals surface area contributed by atoms with Crippen LogP contribution in [0.1, 0.15) is 31.9 Å². The van der Waals surface area contributed by atoms with Gasteiger partial charge in [-0.2, -0.15) is 0 Å². The summed E-state index contributed by atoms with van der Waals surface area (Å²) < 4.78 is 16.6. The van der Waals surface area contributed by atoms with Gasteiger partial charge in [-0.1, -0.05) is 19.1 Å². The average Bonchev–Trinajstić information content (AvgIpc) is 2.60. The molecular formula is C20H33N3O3. The van der Waals surface area contributed by atoms with Crippen LogP contribution in [0.4, 0.5) is 0 Å². The fraction of sp³-hybridized carbons (Fsp3) is 0.650. The number of rotatable bonds is 10. The van der Waals surface area contributed by atoms with Crippen LogP contribution in [0.3, 0.4) is 0 Å². The quantitative estimate of drug-likeness (QED) is 0.380. The highest BCUT2D eigenvalue weighted by atomic mass is 16.5. The van der Waals surface area contributed by atoms with Gasteiger partial charge in [-0.15, -0.1) is 0 Å². The number of nitrogens with one attached hydrogen (secondary N) is 2. The van der Waals surface area contributed by atoms with Crippen molar-refractivity contribution in [3.8, 4) is 5.75 Å².